The Morgan fingerprint density at radius 2 is 1.67 bits per heavy atom. The zero-order chi connectivity index (χ0) is 21.5. The molecule has 4 unspecified atom stereocenters. The van der Waals surface area contributed by atoms with Crippen molar-refractivity contribution in [2.24, 2.45) is 23.7 Å². The second-order valence-electron chi connectivity index (χ2n) is 10.6. The van der Waals surface area contributed by atoms with Crippen molar-refractivity contribution in [1.82, 2.24) is 14.9 Å². The number of nitrogens with zero attached hydrogens (tertiary/aromatic N) is 1. The van der Waals surface area contributed by atoms with Crippen LogP contribution in [0.3, 0.4) is 0 Å². The van der Waals surface area contributed by atoms with E-state index in [0.717, 1.165) is 32.2 Å². The molecule has 6 nitrogen and oxygen atoms in total. The topological polar surface area (TPSA) is 78.5 Å². The monoisotopic (exact) mass is 437 g/mol. The zero-order valence-electron chi connectivity index (χ0n) is 18.8. The molecule has 1 aliphatic heterocycles. The molecule has 4 rings (SSSR count). The molecule has 170 valence electrons. The molecule has 1 saturated heterocycles. The molecule has 0 aromatic rings. The fourth-order valence-electron chi connectivity index (χ4n) is 7.36. The lowest BCUT2D eigenvalue weighted by Crippen LogP contribution is -2.62. The number of carbonyl (C=O) groups excluding carboxylic acids is 1. The summed E-state index contributed by atoms with van der Waals surface area (Å²) in [4.78, 5) is 15.1. The number of nitrogens with one attached hydrogen (secondary N) is 2. The van der Waals surface area contributed by atoms with Crippen molar-refractivity contribution in [3.05, 3.63) is 11.5 Å². The summed E-state index contributed by atoms with van der Waals surface area (Å²) in [6, 6.07) is -0.0578. The largest absolute Gasteiger partial charge is 0.332 e. The lowest BCUT2D eigenvalue weighted by molar-refractivity contribution is 0.0348. The highest BCUT2D eigenvalue weighted by molar-refractivity contribution is 7.92. The van der Waals surface area contributed by atoms with Gasteiger partial charge in [0.05, 0.1) is 0 Å². The van der Waals surface area contributed by atoms with E-state index < -0.39 is 16.1 Å². The van der Waals surface area contributed by atoms with Gasteiger partial charge >= 0.3 is 6.03 Å². The third kappa shape index (κ3) is 4.29. The van der Waals surface area contributed by atoms with Crippen molar-refractivity contribution >= 4 is 16.1 Å². The maximum absolute atomic E-state index is 12.8. The molecule has 0 spiro atoms. The highest BCUT2D eigenvalue weighted by Gasteiger charge is 2.55. The number of fused-ring (bicyclic) bond motifs is 2. The van der Waals surface area contributed by atoms with Crippen molar-refractivity contribution < 1.29 is 13.2 Å². The quantitative estimate of drug-likeness (QED) is 0.681. The average Bonchev–Trinajstić information content (AvgIpc) is 3.40. The number of carbonyl (C=O) groups is 1. The van der Waals surface area contributed by atoms with Crippen molar-refractivity contribution in [3.8, 4) is 0 Å². The molecule has 7 heteroatoms. The van der Waals surface area contributed by atoms with Crippen LogP contribution in [0.15, 0.2) is 11.5 Å². The third-order valence-electron chi connectivity index (χ3n) is 8.57. The molecule has 4 fully saturated rings. The van der Waals surface area contributed by atoms with Crippen LogP contribution >= 0.6 is 0 Å². The Hall–Kier alpha value is -1.08. The Kier molecular flexibility index (Phi) is 6.24. The highest BCUT2D eigenvalue weighted by Crippen LogP contribution is 2.56. The summed E-state index contributed by atoms with van der Waals surface area (Å²) < 4.78 is 27.5. The summed E-state index contributed by atoms with van der Waals surface area (Å²) >= 11 is 0. The van der Waals surface area contributed by atoms with Gasteiger partial charge < -0.3 is 5.32 Å². The fourth-order valence-corrected chi connectivity index (χ4v) is 8.12. The van der Waals surface area contributed by atoms with Gasteiger partial charge in [-0.15, -0.1) is 0 Å². The SMILES string of the molecule is CC(C)N1CCC[C@@H]1/C=C\S(=O)(=O)NC(=O)NC1(C)C2CCCC2CC2CCCC21. The van der Waals surface area contributed by atoms with Gasteiger partial charge in [-0.2, -0.15) is 0 Å². The van der Waals surface area contributed by atoms with Crippen LogP contribution in [0.25, 0.3) is 0 Å². The Bertz CT molecular complexity index is 759. The van der Waals surface area contributed by atoms with Gasteiger partial charge in [-0.3, -0.25) is 4.90 Å². The van der Waals surface area contributed by atoms with Gasteiger partial charge in [-0.25, -0.2) is 17.9 Å². The Morgan fingerprint density at radius 1 is 1.03 bits per heavy atom. The molecule has 5 atom stereocenters. The Labute approximate surface area is 182 Å². The van der Waals surface area contributed by atoms with Crippen molar-refractivity contribution in [3.63, 3.8) is 0 Å². The van der Waals surface area contributed by atoms with E-state index in [4.69, 9.17) is 0 Å². The molecular formula is C23H39N3O3S. The Balaban J connectivity index is 1.42. The molecule has 0 aromatic carbocycles. The first-order valence-corrected chi connectivity index (χ1v) is 13.5. The molecule has 0 aromatic heterocycles. The van der Waals surface area contributed by atoms with Crippen LogP contribution in [0, 0.1) is 23.7 Å². The number of amides is 2. The van der Waals surface area contributed by atoms with Crippen molar-refractivity contribution in [2.45, 2.75) is 96.2 Å². The van der Waals surface area contributed by atoms with E-state index in [1.54, 1.807) is 6.08 Å². The van der Waals surface area contributed by atoms with Gasteiger partial charge in [-0.05, 0) is 83.1 Å². The molecule has 0 bridgehead atoms. The van der Waals surface area contributed by atoms with Gasteiger partial charge in [-0.1, -0.05) is 31.8 Å². The van der Waals surface area contributed by atoms with E-state index in [1.165, 1.54) is 37.5 Å². The molecular weight excluding hydrogens is 398 g/mol. The van der Waals surface area contributed by atoms with Crippen molar-refractivity contribution in [1.29, 1.82) is 0 Å². The summed E-state index contributed by atoms with van der Waals surface area (Å²) in [6.45, 7) is 7.43. The first-order valence-electron chi connectivity index (χ1n) is 12.0. The smallest absolute Gasteiger partial charge is 0.329 e. The van der Waals surface area contributed by atoms with E-state index in [-0.39, 0.29) is 11.6 Å². The Morgan fingerprint density at radius 3 is 2.27 bits per heavy atom. The number of hydrogen-bond donors (Lipinski definition) is 2. The normalized spacial score (nSPS) is 39.4. The van der Waals surface area contributed by atoms with Crippen LogP contribution in [0.5, 0.6) is 0 Å². The predicted octanol–water partition coefficient (Wildman–Crippen LogP) is 4.00. The molecule has 3 aliphatic carbocycles. The first kappa shape index (κ1) is 22.1. The third-order valence-corrected chi connectivity index (χ3v) is 9.55. The minimum absolute atomic E-state index is 0.124. The van der Waals surface area contributed by atoms with Crippen molar-refractivity contribution in [2.75, 3.05) is 6.54 Å². The van der Waals surface area contributed by atoms with Crippen LogP contribution in [0.1, 0.15) is 78.6 Å². The van der Waals surface area contributed by atoms with Crippen LogP contribution in [-0.4, -0.2) is 43.5 Å². The minimum atomic E-state index is -3.81. The fraction of sp³-hybridized carbons (Fsp3) is 0.870. The van der Waals surface area contributed by atoms with Gasteiger partial charge in [0, 0.05) is 23.0 Å². The second-order valence-corrected chi connectivity index (χ2v) is 12.2. The highest BCUT2D eigenvalue weighted by atomic mass is 32.2. The van der Waals surface area contributed by atoms with E-state index in [9.17, 15) is 13.2 Å². The van der Waals surface area contributed by atoms with Crippen LogP contribution in [0.2, 0.25) is 0 Å². The number of hydrogen-bond acceptors (Lipinski definition) is 4. The van der Waals surface area contributed by atoms with E-state index in [0.29, 0.717) is 29.7 Å². The summed E-state index contributed by atoms with van der Waals surface area (Å²) in [5.74, 6) is 2.30. The van der Waals surface area contributed by atoms with Crippen LogP contribution in [-0.2, 0) is 10.0 Å². The second kappa shape index (κ2) is 8.45. The molecule has 4 aliphatic rings. The van der Waals surface area contributed by atoms with E-state index >= 15 is 0 Å². The molecule has 0 radical (unpaired) electrons. The number of rotatable bonds is 5. The van der Waals surface area contributed by atoms with Crippen LogP contribution < -0.4 is 10.0 Å². The molecule has 2 N–H and O–H groups in total. The zero-order valence-corrected chi connectivity index (χ0v) is 19.6. The van der Waals surface area contributed by atoms with Gasteiger partial charge in [0.2, 0.25) is 0 Å². The summed E-state index contributed by atoms with van der Waals surface area (Å²) in [6.07, 6.45) is 12.3. The summed E-state index contributed by atoms with van der Waals surface area (Å²) in [5, 5.41) is 4.37. The summed E-state index contributed by atoms with van der Waals surface area (Å²) in [7, 11) is -3.81. The predicted molar refractivity (Wildman–Crippen MR) is 119 cm³/mol. The number of likely N-dealkylation sites (tertiary alicyclic amines) is 1. The van der Waals surface area contributed by atoms with Gasteiger partial charge in [0.15, 0.2) is 0 Å². The minimum Gasteiger partial charge on any atom is -0.332 e. The standard InChI is InChI=1S/C23H39N3O3S/c1-16(2)26-13-6-9-19(26)12-14-30(28,29)25-22(27)24-23(3)20-10-4-7-17(20)15-18-8-5-11-21(18)23/h12,14,16-21H,4-11,13,15H2,1-3H3,(H2,24,25,27)/b14-12-/t17?,18?,19-,20?,21?,23?/m1/s1. The summed E-state index contributed by atoms with van der Waals surface area (Å²) in [5.41, 5.74) is -0.302. The molecule has 2 amide bonds. The van der Waals surface area contributed by atoms with Crippen LogP contribution in [0.4, 0.5) is 4.79 Å². The lowest BCUT2D eigenvalue weighted by atomic mass is 9.60. The van der Waals surface area contributed by atoms with Gasteiger partial charge in [0.25, 0.3) is 10.0 Å². The van der Waals surface area contributed by atoms with E-state index in [1.807, 2.05) is 0 Å². The lowest BCUT2D eigenvalue weighted by Gasteiger charge is -2.51. The number of sulfonamides is 1. The molecule has 30 heavy (non-hydrogen) atoms. The number of urea groups is 1. The maximum atomic E-state index is 12.8. The maximum Gasteiger partial charge on any atom is 0.329 e. The first-order chi connectivity index (χ1) is 14.2. The average molecular weight is 438 g/mol. The van der Waals surface area contributed by atoms with E-state index in [2.05, 4.69) is 35.7 Å². The molecule has 3 saturated carbocycles. The van der Waals surface area contributed by atoms with Gasteiger partial charge in [0.1, 0.15) is 0 Å². The molecule has 1 heterocycles.